The third-order valence-electron chi connectivity index (χ3n) is 8.47. The summed E-state index contributed by atoms with van der Waals surface area (Å²) in [6, 6.07) is 16.3. The molecular weight excluding hydrogens is 726 g/mol. The first-order valence-corrected chi connectivity index (χ1v) is 17.7. The van der Waals surface area contributed by atoms with Crippen LogP contribution in [0.25, 0.3) is 0 Å². The molecule has 3 aromatic carbocycles. The van der Waals surface area contributed by atoms with E-state index in [0.29, 0.717) is 11.1 Å². The van der Waals surface area contributed by atoms with E-state index in [4.69, 9.17) is 5.73 Å². The normalized spacial score (nSPS) is 13.3. The van der Waals surface area contributed by atoms with Gasteiger partial charge in [0.05, 0.1) is 6.42 Å². The van der Waals surface area contributed by atoms with Crippen molar-refractivity contribution < 1.29 is 48.6 Å². The summed E-state index contributed by atoms with van der Waals surface area (Å²) in [5.41, 5.74) is 7.09. The number of benzene rings is 3. The molecule has 7 amide bonds. The molecule has 0 unspecified atom stereocenters. The van der Waals surface area contributed by atoms with Crippen molar-refractivity contribution in [2.24, 2.45) is 5.73 Å². The predicted molar refractivity (Wildman–Crippen MR) is 202 cm³/mol. The molecule has 0 spiro atoms. The van der Waals surface area contributed by atoms with Gasteiger partial charge < -0.3 is 47.8 Å². The zero-order valence-corrected chi connectivity index (χ0v) is 31.0. The zero-order valence-electron chi connectivity index (χ0n) is 31.0. The second-order valence-corrected chi connectivity index (χ2v) is 13.0. The van der Waals surface area contributed by atoms with Crippen molar-refractivity contribution in [2.45, 2.75) is 75.7 Å². The maximum atomic E-state index is 14.1. The minimum absolute atomic E-state index is 0.0613. The number of carboxylic acids is 1. The summed E-state index contributed by atoms with van der Waals surface area (Å²) in [7, 11) is 1.39. The van der Waals surface area contributed by atoms with E-state index in [-0.39, 0.29) is 31.4 Å². The van der Waals surface area contributed by atoms with Crippen LogP contribution in [0.1, 0.15) is 42.9 Å². The summed E-state index contributed by atoms with van der Waals surface area (Å²) in [5.74, 6) is -6.91. The Balaban J connectivity index is 1.94. The molecular formula is C39H47N7O10. The number of likely N-dealkylation sites (N-methyl/N-ethyl adjacent to an activating group) is 1. The van der Waals surface area contributed by atoms with Gasteiger partial charge in [-0.1, -0.05) is 72.8 Å². The van der Waals surface area contributed by atoms with Gasteiger partial charge in [0.2, 0.25) is 41.4 Å². The first-order valence-electron chi connectivity index (χ1n) is 17.7. The van der Waals surface area contributed by atoms with E-state index in [0.717, 1.165) is 12.5 Å². The third-order valence-corrected chi connectivity index (χ3v) is 8.47. The number of carbonyl (C=O) groups is 8. The largest absolute Gasteiger partial charge is 0.508 e. The van der Waals surface area contributed by atoms with Crippen molar-refractivity contribution >= 4 is 47.3 Å². The second kappa shape index (κ2) is 21.8. The SMILES string of the molecule is CNC(=O)[C@H](Cc1ccccc1)NC(=O)[C@H](CCC(=O)O)NC(=O)[C@H](Cc1ccccc1)NC(=O)[C@H](Cc1ccc(O)cc1)NC(=O)[C@H](CC(N)=O)NC(C)=O. The van der Waals surface area contributed by atoms with Gasteiger partial charge in [-0.2, -0.15) is 0 Å². The molecule has 56 heavy (non-hydrogen) atoms. The van der Waals surface area contributed by atoms with Crippen molar-refractivity contribution in [1.29, 1.82) is 0 Å². The summed E-state index contributed by atoms with van der Waals surface area (Å²) in [6.45, 7) is 1.13. The number of nitrogens with one attached hydrogen (secondary N) is 6. The minimum atomic E-state index is -1.46. The average molecular weight is 774 g/mol. The van der Waals surface area contributed by atoms with E-state index in [2.05, 4.69) is 31.9 Å². The Morgan fingerprint density at radius 1 is 0.554 bits per heavy atom. The molecule has 0 aliphatic rings. The molecule has 0 heterocycles. The second-order valence-electron chi connectivity index (χ2n) is 13.0. The molecule has 3 aromatic rings. The molecule has 0 bridgehead atoms. The standard InChI is InChI=1S/C39H47N7O10/c1-23(47)42-32(22-33(40)49)39(56)46-31(21-26-13-15-27(48)16-14-26)38(55)45-30(20-25-11-7-4-8-12-25)37(54)43-28(17-18-34(50)51)36(53)44-29(35(52)41-2)19-24-9-5-3-6-10-24/h3-16,28-32,48H,17-22H2,1-2H3,(H2,40,49)(H,41,52)(H,42,47)(H,43,54)(H,44,53)(H,45,55)(H,46,56)(H,50,51)/t28-,29-,30-,31-,32-/m0/s1. The Hall–Kier alpha value is -6.78. The fraction of sp³-hybridized carbons (Fsp3) is 0.333. The highest BCUT2D eigenvalue weighted by molar-refractivity contribution is 5.97. The number of hydrogen-bond acceptors (Lipinski definition) is 9. The van der Waals surface area contributed by atoms with Gasteiger partial charge in [0.1, 0.15) is 36.0 Å². The Morgan fingerprint density at radius 2 is 0.946 bits per heavy atom. The number of primary amides is 1. The van der Waals surface area contributed by atoms with Crippen LogP contribution in [0.5, 0.6) is 5.75 Å². The highest BCUT2D eigenvalue weighted by Crippen LogP contribution is 2.13. The number of aliphatic carboxylic acids is 1. The highest BCUT2D eigenvalue weighted by atomic mass is 16.4. The summed E-state index contributed by atoms with van der Waals surface area (Å²) in [5, 5.41) is 34.3. The number of nitrogens with two attached hydrogens (primary N) is 1. The monoisotopic (exact) mass is 773 g/mol. The van der Waals surface area contributed by atoms with E-state index in [1.807, 2.05) is 0 Å². The van der Waals surface area contributed by atoms with Crippen LogP contribution in [0.2, 0.25) is 0 Å². The maximum absolute atomic E-state index is 14.1. The molecule has 0 saturated carbocycles. The Kier molecular flexibility index (Phi) is 17.0. The van der Waals surface area contributed by atoms with Crippen molar-refractivity contribution in [3.8, 4) is 5.75 Å². The Bertz CT molecular complexity index is 1830. The average Bonchev–Trinajstić information content (AvgIpc) is 3.16. The van der Waals surface area contributed by atoms with Gasteiger partial charge in [0.15, 0.2) is 0 Å². The minimum Gasteiger partial charge on any atom is -0.508 e. The lowest BCUT2D eigenvalue weighted by Crippen LogP contribution is -2.60. The topological polar surface area (TPSA) is 275 Å². The van der Waals surface area contributed by atoms with Crippen molar-refractivity contribution in [3.63, 3.8) is 0 Å². The number of amides is 7. The van der Waals surface area contributed by atoms with E-state index in [1.54, 1.807) is 60.7 Å². The van der Waals surface area contributed by atoms with Gasteiger partial charge in [-0.05, 0) is 35.2 Å². The van der Waals surface area contributed by atoms with Crippen LogP contribution in [0, 0.1) is 0 Å². The number of phenols is 1. The van der Waals surface area contributed by atoms with Gasteiger partial charge in [0.25, 0.3) is 0 Å². The molecule has 3 rings (SSSR count). The lowest BCUT2D eigenvalue weighted by Gasteiger charge is -2.27. The number of carbonyl (C=O) groups excluding carboxylic acids is 7. The maximum Gasteiger partial charge on any atom is 0.303 e. The summed E-state index contributed by atoms with van der Waals surface area (Å²) < 4.78 is 0. The number of hydrogen-bond donors (Lipinski definition) is 9. The number of carboxylic acid groups (broad SMARTS) is 1. The molecule has 0 aliphatic carbocycles. The molecule has 10 N–H and O–H groups in total. The van der Waals surface area contributed by atoms with Crippen molar-refractivity contribution in [2.75, 3.05) is 7.05 Å². The molecule has 17 heteroatoms. The molecule has 5 atom stereocenters. The van der Waals surface area contributed by atoms with Crippen LogP contribution in [-0.4, -0.2) is 94.8 Å². The zero-order chi connectivity index (χ0) is 41.2. The third kappa shape index (κ3) is 14.9. The quantitative estimate of drug-likeness (QED) is 0.0660. The van der Waals surface area contributed by atoms with Crippen LogP contribution >= 0.6 is 0 Å². The van der Waals surface area contributed by atoms with Gasteiger partial charge in [-0.25, -0.2) is 0 Å². The summed E-state index contributed by atoms with van der Waals surface area (Å²) in [6.07, 6.45) is -1.67. The Labute approximate surface area is 323 Å². The molecule has 0 fully saturated rings. The molecule has 0 radical (unpaired) electrons. The molecule has 0 aliphatic heterocycles. The lowest BCUT2D eigenvalue weighted by molar-refractivity contribution is -0.138. The van der Waals surface area contributed by atoms with E-state index in [9.17, 15) is 48.6 Å². The predicted octanol–water partition coefficient (Wildman–Crippen LogP) is -0.650. The molecule has 0 saturated heterocycles. The molecule has 0 aromatic heterocycles. The van der Waals surface area contributed by atoms with Gasteiger partial charge in [0, 0.05) is 39.7 Å². The van der Waals surface area contributed by atoms with Crippen LogP contribution in [0.15, 0.2) is 84.9 Å². The van der Waals surface area contributed by atoms with Crippen LogP contribution in [0.4, 0.5) is 0 Å². The van der Waals surface area contributed by atoms with Crippen LogP contribution < -0.4 is 37.6 Å². The number of rotatable bonds is 21. The summed E-state index contributed by atoms with van der Waals surface area (Å²) >= 11 is 0. The summed E-state index contributed by atoms with van der Waals surface area (Å²) in [4.78, 5) is 103. The van der Waals surface area contributed by atoms with Crippen LogP contribution in [0.3, 0.4) is 0 Å². The van der Waals surface area contributed by atoms with Crippen molar-refractivity contribution in [1.82, 2.24) is 31.9 Å². The fourth-order valence-corrected chi connectivity index (χ4v) is 5.65. The first kappa shape index (κ1) is 43.6. The van der Waals surface area contributed by atoms with Crippen LogP contribution in [-0.2, 0) is 57.6 Å². The fourth-order valence-electron chi connectivity index (χ4n) is 5.65. The Morgan fingerprint density at radius 3 is 1.36 bits per heavy atom. The van der Waals surface area contributed by atoms with Gasteiger partial charge in [-0.15, -0.1) is 0 Å². The van der Waals surface area contributed by atoms with E-state index < -0.39 is 90.4 Å². The highest BCUT2D eigenvalue weighted by Gasteiger charge is 2.33. The van der Waals surface area contributed by atoms with Crippen molar-refractivity contribution in [3.05, 3.63) is 102 Å². The van der Waals surface area contributed by atoms with Gasteiger partial charge in [-0.3, -0.25) is 38.4 Å². The first-order chi connectivity index (χ1) is 26.6. The lowest BCUT2D eigenvalue weighted by atomic mass is 10.0. The van der Waals surface area contributed by atoms with Gasteiger partial charge >= 0.3 is 5.97 Å². The number of phenolic OH excluding ortho intramolecular Hbond substituents is 1. The molecule has 298 valence electrons. The smallest absolute Gasteiger partial charge is 0.303 e. The molecule has 17 nitrogen and oxygen atoms in total. The number of aromatic hydroxyl groups is 1. The van der Waals surface area contributed by atoms with E-state index in [1.165, 1.54) is 31.3 Å². The van der Waals surface area contributed by atoms with E-state index >= 15 is 0 Å².